The minimum atomic E-state index is 0. The third-order valence-electron chi connectivity index (χ3n) is 6.23. The van der Waals surface area contributed by atoms with Gasteiger partial charge >= 0.3 is 0 Å². The Morgan fingerprint density at radius 2 is 1.62 bits per heavy atom. The van der Waals surface area contributed by atoms with E-state index in [-0.39, 0.29) is 17.8 Å². The summed E-state index contributed by atoms with van der Waals surface area (Å²) in [7, 11) is 0. The lowest BCUT2D eigenvalue weighted by molar-refractivity contribution is 0.276. The van der Waals surface area contributed by atoms with Crippen LogP contribution in [-0.2, 0) is 5.41 Å². The van der Waals surface area contributed by atoms with Gasteiger partial charge < -0.3 is 5.73 Å². The minimum Gasteiger partial charge on any atom is -0.330 e. The fourth-order valence-electron chi connectivity index (χ4n) is 4.67. The number of benzene rings is 3. The van der Waals surface area contributed by atoms with E-state index in [4.69, 9.17) is 5.73 Å². The molecule has 26 heavy (non-hydrogen) atoms. The first kappa shape index (κ1) is 18.9. The molecule has 3 aromatic rings. The molecule has 0 saturated heterocycles. The van der Waals surface area contributed by atoms with E-state index in [0.717, 1.165) is 6.54 Å². The molecule has 2 heteroatoms. The van der Waals surface area contributed by atoms with Gasteiger partial charge in [-0.1, -0.05) is 72.3 Å². The van der Waals surface area contributed by atoms with Crippen LogP contribution in [0.25, 0.3) is 10.8 Å². The summed E-state index contributed by atoms with van der Waals surface area (Å²) in [5.74, 6) is 0.649. The van der Waals surface area contributed by atoms with Crippen LogP contribution in [0.2, 0.25) is 0 Å². The van der Waals surface area contributed by atoms with Crippen molar-refractivity contribution in [2.24, 2.45) is 5.73 Å². The first-order valence-corrected chi connectivity index (χ1v) is 9.47. The molecule has 136 valence electrons. The van der Waals surface area contributed by atoms with Gasteiger partial charge in [-0.2, -0.15) is 0 Å². The second kappa shape index (κ2) is 7.82. The molecule has 0 aliphatic heterocycles. The molecule has 4 rings (SSSR count). The van der Waals surface area contributed by atoms with Crippen LogP contribution in [0.4, 0.5) is 0 Å². The predicted octanol–water partition coefficient (Wildman–Crippen LogP) is 6.12. The molecule has 0 spiro atoms. The van der Waals surface area contributed by atoms with Gasteiger partial charge in [0.2, 0.25) is 0 Å². The van der Waals surface area contributed by atoms with Gasteiger partial charge in [-0.3, -0.25) is 0 Å². The number of hydrogen-bond acceptors (Lipinski definition) is 1. The number of halogens is 1. The van der Waals surface area contributed by atoms with Gasteiger partial charge in [-0.15, -0.1) is 12.4 Å². The van der Waals surface area contributed by atoms with Crippen molar-refractivity contribution in [3.63, 3.8) is 0 Å². The van der Waals surface area contributed by atoms with Crippen LogP contribution in [0.15, 0.2) is 66.7 Å². The second-order valence-corrected chi connectivity index (χ2v) is 7.70. The molecular formula is C24H28ClN. The molecule has 1 fully saturated rings. The molecule has 0 aromatic heterocycles. The van der Waals surface area contributed by atoms with Gasteiger partial charge in [-0.25, -0.2) is 0 Å². The number of rotatable bonds is 3. The van der Waals surface area contributed by atoms with Gasteiger partial charge in [0.25, 0.3) is 0 Å². The zero-order chi connectivity index (χ0) is 17.3. The van der Waals surface area contributed by atoms with Crippen LogP contribution >= 0.6 is 12.4 Å². The predicted molar refractivity (Wildman–Crippen MR) is 114 cm³/mol. The lowest BCUT2D eigenvalue weighted by atomic mass is 9.65. The second-order valence-electron chi connectivity index (χ2n) is 7.70. The topological polar surface area (TPSA) is 26.0 Å². The summed E-state index contributed by atoms with van der Waals surface area (Å²) in [5, 5.41) is 2.78. The van der Waals surface area contributed by atoms with Gasteiger partial charge in [0.1, 0.15) is 0 Å². The van der Waals surface area contributed by atoms with E-state index in [2.05, 4.69) is 73.7 Å². The Hall–Kier alpha value is -1.83. The molecular weight excluding hydrogens is 338 g/mol. The fraction of sp³-hybridized carbons (Fsp3) is 0.333. The zero-order valence-electron chi connectivity index (χ0n) is 15.4. The zero-order valence-corrected chi connectivity index (χ0v) is 16.3. The maximum Gasteiger partial charge on any atom is 0.00761 e. The van der Waals surface area contributed by atoms with Crippen molar-refractivity contribution in [3.05, 3.63) is 83.4 Å². The Morgan fingerprint density at radius 1 is 0.923 bits per heavy atom. The van der Waals surface area contributed by atoms with E-state index in [0.29, 0.717) is 5.92 Å². The highest BCUT2D eigenvalue weighted by Gasteiger charge is 2.36. The molecule has 0 atom stereocenters. The van der Waals surface area contributed by atoms with Crippen LogP contribution in [0.1, 0.15) is 48.3 Å². The largest absolute Gasteiger partial charge is 0.330 e. The van der Waals surface area contributed by atoms with Crippen molar-refractivity contribution < 1.29 is 0 Å². The van der Waals surface area contributed by atoms with Crippen LogP contribution in [-0.4, -0.2) is 6.54 Å². The minimum absolute atomic E-state index is 0. The molecule has 0 amide bonds. The molecule has 2 N–H and O–H groups in total. The lowest BCUT2D eigenvalue weighted by Gasteiger charge is -2.40. The summed E-state index contributed by atoms with van der Waals surface area (Å²) in [6.45, 7) is 2.92. The average molecular weight is 366 g/mol. The Balaban J connectivity index is 0.00000196. The van der Waals surface area contributed by atoms with Crippen LogP contribution < -0.4 is 5.73 Å². The van der Waals surface area contributed by atoms with Crippen molar-refractivity contribution in [3.8, 4) is 0 Å². The molecule has 0 bridgehead atoms. The normalized spacial score (nSPS) is 22.8. The first-order valence-electron chi connectivity index (χ1n) is 9.47. The molecule has 1 saturated carbocycles. The highest BCUT2D eigenvalue weighted by atomic mass is 35.5. The maximum absolute atomic E-state index is 6.30. The number of fused-ring (bicyclic) bond motifs is 1. The van der Waals surface area contributed by atoms with Crippen molar-refractivity contribution in [1.82, 2.24) is 0 Å². The molecule has 1 aliphatic carbocycles. The van der Waals surface area contributed by atoms with Crippen LogP contribution in [0.3, 0.4) is 0 Å². The summed E-state index contributed by atoms with van der Waals surface area (Å²) in [6, 6.07) is 24.5. The molecule has 1 aliphatic rings. The van der Waals surface area contributed by atoms with Gasteiger partial charge in [-0.05, 0) is 60.4 Å². The van der Waals surface area contributed by atoms with Crippen molar-refractivity contribution in [2.75, 3.05) is 6.54 Å². The van der Waals surface area contributed by atoms with Gasteiger partial charge in [0.05, 0.1) is 0 Å². The van der Waals surface area contributed by atoms with Crippen molar-refractivity contribution in [1.29, 1.82) is 0 Å². The summed E-state index contributed by atoms with van der Waals surface area (Å²) in [6.07, 6.45) is 4.81. The van der Waals surface area contributed by atoms with E-state index in [1.54, 1.807) is 0 Å². The monoisotopic (exact) mass is 365 g/mol. The summed E-state index contributed by atoms with van der Waals surface area (Å²) < 4.78 is 0. The van der Waals surface area contributed by atoms with E-state index < -0.39 is 0 Å². The molecule has 1 nitrogen and oxygen atoms in total. The van der Waals surface area contributed by atoms with Crippen LogP contribution in [0, 0.1) is 6.92 Å². The van der Waals surface area contributed by atoms with E-state index in [1.165, 1.54) is 53.1 Å². The molecule has 3 aromatic carbocycles. The molecule has 0 heterocycles. The Morgan fingerprint density at radius 3 is 2.35 bits per heavy atom. The molecule has 0 unspecified atom stereocenters. The van der Waals surface area contributed by atoms with E-state index in [9.17, 15) is 0 Å². The van der Waals surface area contributed by atoms with Crippen molar-refractivity contribution >= 4 is 23.2 Å². The SMILES string of the molecule is Cc1cccc([C@]2(CN)CC[C@H](c3cccc4ccccc43)CC2)c1.Cl. The Labute approximate surface area is 163 Å². The van der Waals surface area contributed by atoms with Crippen LogP contribution in [0.5, 0.6) is 0 Å². The van der Waals surface area contributed by atoms with Gasteiger partial charge in [0, 0.05) is 12.0 Å². The summed E-state index contributed by atoms with van der Waals surface area (Å²) in [4.78, 5) is 0. The third-order valence-corrected chi connectivity index (χ3v) is 6.23. The highest BCUT2D eigenvalue weighted by molar-refractivity contribution is 5.86. The number of aryl methyl sites for hydroxylation is 1. The standard InChI is InChI=1S/C24H27N.ClH/c1-18-6-4-9-21(16-18)24(17-25)14-12-20(13-15-24)23-11-5-8-19-7-2-3-10-22(19)23;/h2-11,16,20H,12-15,17,25H2,1H3;1H/t20-,24+;. The Bertz CT molecular complexity index is 873. The highest BCUT2D eigenvalue weighted by Crippen LogP contribution is 2.45. The van der Waals surface area contributed by atoms with Gasteiger partial charge in [0.15, 0.2) is 0 Å². The fourth-order valence-corrected chi connectivity index (χ4v) is 4.67. The maximum atomic E-state index is 6.30. The van der Waals surface area contributed by atoms with Crippen molar-refractivity contribution in [2.45, 2.75) is 43.9 Å². The Kier molecular flexibility index (Phi) is 5.70. The summed E-state index contributed by atoms with van der Waals surface area (Å²) >= 11 is 0. The average Bonchev–Trinajstić information content (AvgIpc) is 2.68. The smallest absolute Gasteiger partial charge is 0.00761 e. The molecule has 0 radical (unpaired) electrons. The summed E-state index contributed by atoms with van der Waals surface area (Å²) in [5.41, 5.74) is 10.7. The third kappa shape index (κ3) is 3.39. The quantitative estimate of drug-likeness (QED) is 0.594. The number of nitrogens with two attached hydrogens (primary N) is 1. The lowest BCUT2D eigenvalue weighted by Crippen LogP contribution is -2.38. The number of hydrogen-bond donors (Lipinski definition) is 1. The van der Waals surface area contributed by atoms with E-state index >= 15 is 0 Å². The first-order chi connectivity index (χ1) is 12.2. The van der Waals surface area contributed by atoms with E-state index in [1.807, 2.05) is 0 Å².